The zero-order chi connectivity index (χ0) is 14.0. The lowest BCUT2D eigenvalue weighted by molar-refractivity contribution is -0.139. The van der Waals surface area contributed by atoms with E-state index < -0.39 is 30.6 Å². The Morgan fingerprint density at radius 1 is 1.11 bits per heavy atom. The first-order valence-electron chi connectivity index (χ1n) is 5.69. The maximum absolute atomic E-state index is 14.0. The number of alkyl halides is 2. The van der Waals surface area contributed by atoms with E-state index in [0.717, 1.165) is 12.1 Å². The first kappa shape index (κ1) is 13.4. The van der Waals surface area contributed by atoms with Crippen molar-refractivity contribution in [3.8, 4) is 0 Å². The van der Waals surface area contributed by atoms with Crippen LogP contribution in [0.1, 0.15) is 18.4 Å². The molecule has 0 atom stereocenters. The van der Waals surface area contributed by atoms with E-state index >= 15 is 0 Å². The Kier molecular flexibility index (Phi) is 3.46. The second-order valence-corrected chi connectivity index (χ2v) is 4.24. The molecule has 0 saturated heterocycles. The number of rotatable bonds is 4. The minimum atomic E-state index is -3.30. The van der Waals surface area contributed by atoms with E-state index in [-0.39, 0.29) is 16.3 Å². The van der Waals surface area contributed by atoms with Crippen LogP contribution in [0.15, 0.2) is 36.4 Å². The van der Waals surface area contributed by atoms with Gasteiger partial charge in [0.2, 0.25) is 0 Å². The molecule has 2 aromatic carbocycles. The predicted octanol–water partition coefficient (Wildman–Crippen LogP) is 3.94. The summed E-state index contributed by atoms with van der Waals surface area (Å²) in [6.45, 7) is 0. The van der Waals surface area contributed by atoms with Crippen molar-refractivity contribution in [3.63, 3.8) is 0 Å². The van der Waals surface area contributed by atoms with Gasteiger partial charge in [-0.15, -0.1) is 0 Å². The van der Waals surface area contributed by atoms with Crippen LogP contribution in [0, 0.1) is 5.82 Å². The number of carbonyl (C=O) groups is 1. The van der Waals surface area contributed by atoms with E-state index in [1.807, 2.05) is 0 Å². The maximum Gasteiger partial charge on any atom is 0.303 e. The molecule has 2 rings (SSSR count). The molecule has 5 heteroatoms. The van der Waals surface area contributed by atoms with Gasteiger partial charge < -0.3 is 5.11 Å². The molecular formula is C14H11F3O2. The van der Waals surface area contributed by atoms with E-state index in [4.69, 9.17) is 5.11 Å². The quantitative estimate of drug-likeness (QED) is 0.912. The maximum atomic E-state index is 14.0. The molecule has 0 aliphatic carbocycles. The van der Waals surface area contributed by atoms with Crippen molar-refractivity contribution in [1.82, 2.24) is 0 Å². The van der Waals surface area contributed by atoms with Crippen LogP contribution in [-0.2, 0) is 10.7 Å². The molecule has 0 aliphatic rings. The van der Waals surface area contributed by atoms with Crippen molar-refractivity contribution in [1.29, 1.82) is 0 Å². The lowest BCUT2D eigenvalue weighted by Gasteiger charge is -2.18. The fourth-order valence-corrected chi connectivity index (χ4v) is 1.98. The smallest absolute Gasteiger partial charge is 0.303 e. The highest BCUT2D eigenvalue weighted by molar-refractivity contribution is 5.87. The third kappa shape index (κ3) is 2.70. The summed E-state index contributed by atoms with van der Waals surface area (Å²) in [6, 6.07) is 7.92. The van der Waals surface area contributed by atoms with Crippen LogP contribution in [0.3, 0.4) is 0 Å². The van der Waals surface area contributed by atoms with Crippen molar-refractivity contribution >= 4 is 16.7 Å². The molecule has 0 spiro atoms. The molecule has 2 nitrogen and oxygen atoms in total. The topological polar surface area (TPSA) is 37.3 Å². The van der Waals surface area contributed by atoms with Gasteiger partial charge in [0, 0.05) is 17.4 Å². The summed E-state index contributed by atoms with van der Waals surface area (Å²) in [5.74, 6) is -5.16. The number of carboxylic acids is 1. The molecule has 0 aliphatic heterocycles. The zero-order valence-electron chi connectivity index (χ0n) is 9.87. The summed E-state index contributed by atoms with van der Waals surface area (Å²) in [4.78, 5) is 10.4. The van der Waals surface area contributed by atoms with Crippen LogP contribution in [0.5, 0.6) is 0 Å². The Balaban J connectivity index is 2.50. The third-order valence-corrected chi connectivity index (χ3v) is 2.92. The molecule has 0 amide bonds. The average molecular weight is 268 g/mol. The number of carboxylic acid groups (broad SMARTS) is 1. The Morgan fingerprint density at radius 3 is 2.37 bits per heavy atom. The molecule has 0 bridgehead atoms. The van der Waals surface area contributed by atoms with E-state index in [0.29, 0.717) is 0 Å². The van der Waals surface area contributed by atoms with Gasteiger partial charge in [0.05, 0.1) is 6.42 Å². The highest BCUT2D eigenvalue weighted by Gasteiger charge is 2.33. The lowest BCUT2D eigenvalue weighted by Crippen LogP contribution is -2.16. The van der Waals surface area contributed by atoms with Gasteiger partial charge in [0.25, 0.3) is 5.92 Å². The van der Waals surface area contributed by atoms with Gasteiger partial charge in [0.1, 0.15) is 5.82 Å². The summed E-state index contributed by atoms with van der Waals surface area (Å²) in [7, 11) is 0. The van der Waals surface area contributed by atoms with Crippen LogP contribution in [0.4, 0.5) is 13.2 Å². The molecule has 0 saturated carbocycles. The molecule has 0 fully saturated rings. The molecule has 0 aromatic heterocycles. The zero-order valence-corrected chi connectivity index (χ0v) is 9.87. The molecule has 19 heavy (non-hydrogen) atoms. The van der Waals surface area contributed by atoms with Crippen molar-refractivity contribution in [2.45, 2.75) is 18.8 Å². The van der Waals surface area contributed by atoms with Crippen LogP contribution in [0.25, 0.3) is 10.8 Å². The van der Waals surface area contributed by atoms with Crippen LogP contribution in [0.2, 0.25) is 0 Å². The van der Waals surface area contributed by atoms with E-state index in [2.05, 4.69) is 0 Å². The minimum Gasteiger partial charge on any atom is -0.481 e. The number of hydrogen-bond acceptors (Lipinski definition) is 1. The first-order valence-corrected chi connectivity index (χ1v) is 5.69. The molecular weight excluding hydrogens is 257 g/mol. The second kappa shape index (κ2) is 4.91. The highest BCUT2D eigenvalue weighted by atomic mass is 19.3. The Bertz CT molecular complexity index is 623. The van der Waals surface area contributed by atoms with Gasteiger partial charge in [-0.2, -0.15) is 0 Å². The monoisotopic (exact) mass is 268 g/mol. The number of fused-ring (bicyclic) bond motifs is 1. The molecule has 1 N–H and O–H groups in total. The summed E-state index contributed by atoms with van der Waals surface area (Å²) >= 11 is 0. The molecule has 0 unspecified atom stereocenters. The normalized spacial score (nSPS) is 11.7. The van der Waals surface area contributed by atoms with Crippen LogP contribution < -0.4 is 0 Å². The first-order chi connectivity index (χ1) is 8.92. The Hall–Kier alpha value is -2.04. The summed E-state index contributed by atoms with van der Waals surface area (Å²) in [5, 5.41) is 8.70. The molecule has 0 radical (unpaired) electrons. The van der Waals surface area contributed by atoms with Crippen LogP contribution >= 0.6 is 0 Å². The largest absolute Gasteiger partial charge is 0.481 e. The number of halogens is 3. The van der Waals surface area contributed by atoms with Crippen molar-refractivity contribution in [2.75, 3.05) is 0 Å². The standard InChI is InChI=1S/C14H11F3O2/c15-12-6-5-11(9-3-1-2-4-10(9)12)14(16,17)8-7-13(18)19/h1-6H,7-8H2,(H,18,19). The van der Waals surface area contributed by atoms with Gasteiger partial charge >= 0.3 is 5.97 Å². The van der Waals surface area contributed by atoms with Crippen LogP contribution in [-0.4, -0.2) is 11.1 Å². The highest BCUT2D eigenvalue weighted by Crippen LogP contribution is 2.37. The number of benzene rings is 2. The second-order valence-electron chi connectivity index (χ2n) is 4.24. The fourth-order valence-electron chi connectivity index (χ4n) is 1.98. The average Bonchev–Trinajstić information content (AvgIpc) is 2.37. The van der Waals surface area contributed by atoms with Crippen molar-refractivity contribution in [2.24, 2.45) is 0 Å². The number of hydrogen-bond donors (Lipinski definition) is 1. The summed E-state index contributed by atoms with van der Waals surface area (Å²) in [6.07, 6.45) is -1.45. The summed E-state index contributed by atoms with van der Waals surface area (Å²) < 4.78 is 41.5. The summed E-state index contributed by atoms with van der Waals surface area (Å²) in [5.41, 5.74) is -0.342. The van der Waals surface area contributed by atoms with Gasteiger partial charge in [-0.25, -0.2) is 13.2 Å². The van der Waals surface area contributed by atoms with Gasteiger partial charge in [-0.3, -0.25) is 4.79 Å². The van der Waals surface area contributed by atoms with E-state index in [9.17, 15) is 18.0 Å². The molecule has 100 valence electrons. The Labute approximate surface area is 107 Å². The van der Waals surface area contributed by atoms with Crippen molar-refractivity contribution in [3.05, 3.63) is 47.8 Å². The van der Waals surface area contributed by atoms with Gasteiger partial charge in [-0.1, -0.05) is 24.3 Å². The number of aliphatic carboxylic acids is 1. The van der Waals surface area contributed by atoms with Gasteiger partial charge in [-0.05, 0) is 17.5 Å². The van der Waals surface area contributed by atoms with E-state index in [1.165, 1.54) is 12.1 Å². The minimum absolute atomic E-state index is 0.106. The molecule has 2 aromatic rings. The van der Waals surface area contributed by atoms with Crippen molar-refractivity contribution < 1.29 is 23.1 Å². The van der Waals surface area contributed by atoms with Gasteiger partial charge in [0.15, 0.2) is 0 Å². The fraction of sp³-hybridized carbons (Fsp3) is 0.214. The third-order valence-electron chi connectivity index (χ3n) is 2.92. The van der Waals surface area contributed by atoms with E-state index in [1.54, 1.807) is 12.1 Å². The molecule has 0 heterocycles. The predicted molar refractivity (Wildman–Crippen MR) is 64.7 cm³/mol. The lowest BCUT2D eigenvalue weighted by atomic mass is 9.96. The Morgan fingerprint density at radius 2 is 1.74 bits per heavy atom. The SMILES string of the molecule is O=C(O)CCC(F)(F)c1ccc(F)c2ccccc12.